The van der Waals surface area contributed by atoms with E-state index in [2.05, 4.69) is 6.07 Å². The van der Waals surface area contributed by atoms with E-state index in [4.69, 9.17) is 14.7 Å². The highest BCUT2D eigenvalue weighted by atomic mass is 16.6. The Kier molecular flexibility index (Phi) is 4.46. The Balaban J connectivity index is 2.20. The molecule has 0 radical (unpaired) electrons. The molecule has 0 spiro atoms. The van der Waals surface area contributed by atoms with E-state index in [0.717, 1.165) is 17.7 Å². The van der Waals surface area contributed by atoms with E-state index in [1.54, 1.807) is 24.1 Å². The van der Waals surface area contributed by atoms with Crippen LogP contribution in [0.1, 0.15) is 24.5 Å². The summed E-state index contributed by atoms with van der Waals surface area (Å²) >= 11 is 0. The van der Waals surface area contributed by atoms with Crippen molar-refractivity contribution < 1.29 is 14.3 Å². The van der Waals surface area contributed by atoms with Gasteiger partial charge >= 0.3 is 6.09 Å². The van der Waals surface area contributed by atoms with Crippen LogP contribution in [0.2, 0.25) is 0 Å². The van der Waals surface area contributed by atoms with Crippen molar-refractivity contribution in [3.05, 3.63) is 29.3 Å². The summed E-state index contributed by atoms with van der Waals surface area (Å²) in [6.07, 6.45) is 1.26. The van der Waals surface area contributed by atoms with Crippen LogP contribution in [-0.4, -0.2) is 37.3 Å². The van der Waals surface area contributed by atoms with Crippen molar-refractivity contribution in [1.29, 1.82) is 5.26 Å². The fourth-order valence-electron chi connectivity index (χ4n) is 2.43. The number of rotatable bonds is 5. The molecule has 1 aromatic carbocycles. The summed E-state index contributed by atoms with van der Waals surface area (Å²) in [4.78, 5) is 13.4. The van der Waals surface area contributed by atoms with Crippen molar-refractivity contribution in [3.63, 3.8) is 0 Å². The van der Waals surface area contributed by atoms with Crippen LogP contribution in [0.3, 0.4) is 0 Å². The average molecular weight is 274 g/mol. The SMILES string of the molecule is CCCN1C(=O)OCC1Cc1cc(C#N)ccc1OC. The van der Waals surface area contributed by atoms with E-state index in [-0.39, 0.29) is 12.1 Å². The highest BCUT2D eigenvalue weighted by Crippen LogP contribution is 2.25. The maximum atomic E-state index is 11.7. The second-order valence-electron chi connectivity index (χ2n) is 4.77. The van der Waals surface area contributed by atoms with Crippen molar-refractivity contribution in [3.8, 4) is 11.8 Å². The number of benzene rings is 1. The first-order valence-corrected chi connectivity index (χ1v) is 6.70. The van der Waals surface area contributed by atoms with Gasteiger partial charge in [-0.3, -0.25) is 0 Å². The summed E-state index contributed by atoms with van der Waals surface area (Å²) in [6.45, 7) is 3.10. The summed E-state index contributed by atoms with van der Waals surface area (Å²) in [5, 5.41) is 8.98. The Bertz CT molecular complexity index is 536. The Hall–Kier alpha value is -2.22. The van der Waals surface area contributed by atoms with Crippen LogP contribution in [0.5, 0.6) is 5.75 Å². The van der Waals surface area contributed by atoms with E-state index < -0.39 is 0 Å². The van der Waals surface area contributed by atoms with Crippen molar-refractivity contribution in [2.45, 2.75) is 25.8 Å². The number of hydrogen-bond acceptors (Lipinski definition) is 4. The molecular formula is C15H18N2O3. The molecular weight excluding hydrogens is 256 g/mol. The van der Waals surface area contributed by atoms with Crippen LogP contribution >= 0.6 is 0 Å². The van der Waals surface area contributed by atoms with Gasteiger partial charge in [0.25, 0.3) is 0 Å². The average Bonchev–Trinajstić information content (AvgIpc) is 2.80. The van der Waals surface area contributed by atoms with E-state index in [1.807, 2.05) is 13.0 Å². The third kappa shape index (κ3) is 2.85. The zero-order valence-electron chi connectivity index (χ0n) is 11.8. The molecule has 0 aromatic heterocycles. The summed E-state index contributed by atoms with van der Waals surface area (Å²) in [5.41, 5.74) is 1.52. The molecule has 20 heavy (non-hydrogen) atoms. The molecule has 0 N–H and O–H groups in total. The van der Waals surface area contributed by atoms with E-state index >= 15 is 0 Å². The number of methoxy groups -OCH3 is 1. The van der Waals surface area contributed by atoms with Crippen LogP contribution in [0.25, 0.3) is 0 Å². The van der Waals surface area contributed by atoms with Gasteiger partial charge in [-0.1, -0.05) is 6.92 Å². The molecule has 0 saturated carbocycles. The van der Waals surface area contributed by atoms with Gasteiger partial charge in [0.2, 0.25) is 0 Å². The maximum absolute atomic E-state index is 11.7. The molecule has 1 heterocycles. The molecule has 1 fully saturated rings. The minimum atomic E-state index is -0.257. The number of carbonyl (C=O) groups excluding carboxylic acids is 1. The minimum absolute atomic E-state index is 0.00490. The second kappa shape index (κ2) is 6.29. The van der Waals surface area contributed by atoms with Gasteiger partial charge < -0.3 is 14.4 Å². The third-order valence-electron chi connectivity index (χ3n) is 3.40. The molecule has 0 bridgehead atoms. The first-order chi connectivity index (χ1) is 9.69. The van der Waals surface area contributed by atoms with Crippen LogP contribution in [0.4, 0.5) is 4.79 Å². The lowest BCUT2D eigenvalue weighted by atomic mass is 10.0. The molecule has 1 saturated heterocycles. The normalized spacial score (nSPS) is 17.8. The summed E-state index contributed by atoms with van der Waals surface area (Å²) in [5.74, 6) is 0.736. The van der Waals surface area contributed by atoms with Crippen molar-refractivity contribution in [2.24, 2.45) is 0 Å². The zero-order chi connectivity index (χ0) is 14.5. The molecule has 1 aromatic rings. The standard InChI is InChI=1S/C15H18N2O3/c1-3-6-17-13(10-20-15(17)18)8-12-7-11(9-16)4-5-14(12)19-2/h4-5,7,13H,3,6,8,10H2,1-2H3. The van der Waals surface area contributed by atoms with Crippen LogP contribution in [0, 0.1) is 11.3 Å². The lowest BCUT2D eigenvalue weighted by molar-refractivity contribution is 0.157. The lowest BCUT2D eigenvalue weighted by Gasteiger charge is -2.21. The number of nitrogens with zero attached hydrogens (tertiary/aromatic N) is 2. The molecule has 5 heteroatoms. The monoisotopic (exact) mass is 274 g/mol. The second-order valence-corrected chi connectivity index (χ2v) is 4.77. The minimum Gasteiger partial charge on any atom is -0.496 e. The quantitative estimate of drug-likeness (QED) is 0.826. The van der Waals surface area contributed by atoms with Gasteiger partial charge in [0, 0.05) is 6.54 Å². The highest BCUT2D eigenvalue weighted by molar-refractivity contribution is 5.70. The molecule has 1 atom stereocenters. The van der Waals surface area contributed by atoms with Gasteiger partial charge in [0.1, 0.15) is 12.4 Å². The third-order valence-corrected chi connectivity index (χ3v) is 3.40. The zero-order valence-corrected chi connectivity index (χ0v) is 11.8. The lowest BCUT2D eigenvalue weighted by Crippen LogP contribution is -2.35. The predicted octanol–water partition coefficient (Wildman–Crippen LogP) is 2.34. The Morgan fingerprint density at radius 3 is 3.00 bits per heavy atom. The molecule has 1 aliphatic rings. The van der Waals surface area contributed by atoms with E-state index in [1.165, 1.54) is 0 Å². The Morgan fingerprint density at radius 1 is 1.55 bits per heavy atom. The van der Waals surface area contributed by atoms with Crippen molar-refractivity contribution in [2.75, 3.05) is 20.3 Å². The molecule has 5 nitrogen and oxygen atoms in total. The fourth-order valence-corrected chi connectivity index (χ4v) is 2.43. The highest BCUT2D eigenvalue weighted by Gasteiger charge is 2.32. The van der Waals surface area contributed by atoms with Gasteiger partial charge in [0.05, 0.1) is 24.8 Å². The van der Waals surface area contributed by atoms with Crippen LogP contribution in [-0.2, 0) is 11.2 Å². The molecule has 0 aliphatic carbocycles. The summed E-state index contributed by atoms with van der Waals surface area (Å²) in [6, 6.07) is 7.45. The molecule has 1 unspecified atom stereocenters. The first kappa shape index (κ1) is 14.2. The Morgan fingerprint density at radius 2 is 2.35 bits per heavy atom. The first-order valence-electron chi connectivity index (χ1n) is 6.70. The number of nitriles is 1. The maximum Gasteiger partial charge on any atom is 0.410 e. The molecule has 106 valence electrons. The molecule has 1 amide bonds. The van der Waals surface area contributed by atoms with Gasteiger partial charge in [-0.05, 0) is 36.6 Å². The van der Waals surface area contributed by atoms with Gasteiger partial charge in [-0.2, -0.15) is 5.26 Å². The van der Waals surface area contributed by atoms with Gasteiger partial charge in [0.15, 0.2) is 0 Å². The fraction of sp³-hybridized carbons (Fsp3) is 0.467. The Labute approximate surface area is 118 Å². The number of amides is 1. The van der Waals surface area contributed by atoms with E-state index in [0.29, 0.717) is 25.1 Å². The number of carbonyl (C=O) groups is 1. The topological polar surface area (TPSA) is 62.6 Å². The van der Waals surface area contributed by atoms with Crippen molar-refractivity contribution >= 4 is 6.09 Å². The van der Waals surface area contributed by atoms with Crippen LogP contribution < -0.4 is 4.74 Å². The van der Waals surface area contributed by atoms with Crippen LogP contribution in [0.15, 0.2) is 18.2 Å². The number of cyclic esters (lactones) is 1. The number of ether oxygens (including phenoxy) is 2. The molecule has 1 aliphatic heterocycles. The number of hydrogen-bond donors (Lipinski definition) is 0. The van der Waals surface area contributed by atoms with Gasteiger partial charge in [-0.25, -0.2) is 4.79 Å². The largest absolute Gasteiger partial charge is 0.496 e. The summed E-state index contributed by atoms with van der Waals surface area (Å²) in [7, 11) is 1.60. The van der Waals surface area contributed by atoms with Crippen molar-refractivity contribution in [1.82, 2.24) is 4.90 Å². The smallest absolute Gasteiger partial charge is 0.410 e. The van der Waals surface area contributed by atoms with Gasteiger partial charge in [-0.15, -0.1) is 0 Å². The van der Waals surface area contributed by atoms with E-state index in [9.17, 15) is 4.79 Å². The predicted molar refractivity (Wildman–Crippen MR) is 73.5 cm³/mol. The summed E-state index contributed by atoms with van der Waals surface area (Å²) < 4.78 is 10.4. The molecule has 2 rings (SSSR count).